The molecule has 0 fully saturated rings. The normalized spacial score (nSPS) is 11.7. The quantitative estimate of drug-likeness (QED) is 0.613. The van der Waals surface area contributed by atoms with Crippen LogP contribution in [0.4, 0.5) is 5.69 Å². The van der Waals surface area contributed by atoms with E-state index in [1.54, 1.807) is 13.2 Å². The number of hydrogen-bond donors (Lipinski definition) is 2. The number of rotatable bonds is 7. The van der Waals surface area contributed by atoms with Crippen molar-refractivity contribution in [3.8, 4) is 0 Å². The number of carbonyl (C=O) groups is 1. The van der Waals surface area contributed by atoms with E-state index in [1.807, 2.05) is 24.4 Å². The van der Waals surface area contributed by atoms with Crippen LogP contribution in [0, 0.1) is 0 Å². The lowest BCUT2D eigenvalue weighted by Gasteiger charge is -2.10. The van der Waals surface area contributed by atoms with Crippen molar-refractivity contribution in [1.82, 2.24) is 9.29 Å². The van der Waals surface area contributed by atoms with Gasteiger partial charge in [0.05, 0.1) is 22.1 Å². The van der Waals surface area contributed by atoms with E-state index in [4.69, 9.17) is 16.3 Å². The number of sulfonamides is 1. The fraction of sp³-hybridized carbons (Fsp3) is 0.211. The number of nitrogens with one attached hydrogen (secondary N) is 2. The zero-order valence-electron chi connectivity index (χ0n) is 15.4. The van der Waals surface area contributed by atoms with Crippen molar-refractivity contribution in [3.63, 3.8) is 0 Å². The molecular formula is C19H20ClN3O4S. The van der Waals surface area contributed by atoms with Gasteiger partial charge < -0.3 is 14.6 Å². The Morgan fingerprint density at radius 3 is 2.68 bits per heavy atom. The molecule has 1 heterocycles. The van der Waals surface area contributed by atoms with Crippen LogP contribution in [0.2, 0.25) is 5.02 Å². The molecule has 0 spiro atoms. The molecule has 9 heteroatoms. The largest absolute Gasteiger partial charge is 0.383 e. The van der Waals surface area contributed by atoms with E-state index in [9.17, 15) is 13.2 Å². The lowest BCUT2D eigenvalue weighted by atomic mass is 10.2. The summed E-state index contributed by atoms with van der Waals surface area (Å²) in [5.41, 5.74) is 1.69. The van der Waals surface area contributed by atoms with E-state index in [-0.39, 0.29) is 15.5 Å². The first kappa shape index (κ1) is 20.3. The maximum Gasteiger partial charge on any atom is 0.257 e. The van der Waals surface area contributed by atoms with Gasteiger partial charge in [0.2, 0.25) is 10.0 Å². The van der Waals surface area contributed by atoms with Gasteiger partial charge in [-0.3, -0.25) is 4.79 Å². The topological polar surface area (TPSA) is 89.4 Å². The zero-order valence-corrected chi connectivity index (χ0v) is 17.0. The number of ether oxygens (including phenoxy) is 1. The molecule has 0 aliphatic carbocycles. The van der Waals surface area contributed by atoms with Crippen molar-refractivity contribution in [2.75, 3.05) is 26.1 Å². The molecule has 0 aliphatic heterocycles. The van der Waals surface area contributed by atoms with Crippen LogP contribution in [0.5, 0.6) is 0 Å². The lowest BCUT2D eigenvalue weighted by Crippen LogP contribution is -2.20. The Labute approximate surface area is 168 Å². The molecule has 3 rings (SSSR count). The molecule has 1 amide bonds. The minimum absolute atomic E-state index is 0.0322. The second kappa shape index (κ2) is 8.32. The molecule has 148 valence electrons. The van der Waals surface area contributed by atoms with E-state index in [1.165, 1.54) is 25.2 Å². The van der Waals surface area contributed by atoms with Crippen molar-refractivity contribution in [1.29, 1.82) is 0 Å². The molecule has 0 saturated carbocycles. The molecule has 1 aromatic heterocycles. The third-order valence-corrected chi connectivity index (χ3v) is 6.07. The molecule has 2 N–H and O–H groups in total. The fourth-order valence-corrected chi connectivity index (χ4v) is 3.78. The Balaban J connectivity index is 1.86. The molecule has 3 aromatic rings. The average molecular weight is 422 g/mol. The summed E-state index contributed by atoms with van der Waals surface area (Å²) in [6.07, 6.45) is 1.96. The lowest BCUT2D eigenvalue weighted by molar-refractivity contribution is 0.102. The van der Waals surface area contributed by atoms with Gasteiger partial charge in [0, 0.05) is 36.4 Å². The first-order valence-corrected chi connectivity index (χ1v) is 10.3. The Hall–Kier alpha value is -2.39. The highest BCUT2D eigenvalue weighted by Crippen LogP contribution is 2.24. The number of amides is 1. The fourth-order valence-electron chi connectivity index (χ4n) is 2.82. The number of fused-ring (bicyclic) bond motifs is 1. The van der Waals surface area contributed by atoms with E-state index in [0.29, 0.717) is 12.3 Å². The number of carbonyl (C=O) groups excluding carboxylic acids is 1. The van der Waals surface area contributed by atoms with Gasteiger partial charge >= 0.3 is 0 Å². The van der Waals surface area contributed by atoms with Crippen LogP contribution in [0.15, 0.2) is 53.6 Å². The van der Waals surface area contributed by atoms with E-state index in [0.717, 1.165) is 17.4 Å². The number of halogens is 1. The second-order valence-electron chi connectivity index (χ2n) is 6.08. The minimum atomic E-state index is -3.68. The number of aromatic nitrogens is 1. The van der Waals surface area contributed by atoms with E-state index < -0.39 is 15.9 Å². The average Bonchev–Trinajstić information content (AvgIpc) is 3.08. The van der Waals surface area contributed by atoms with E-state index in [2.05, 4.69) is 14.6 Å². The standard InChI is InChI=1S/C19H20ClN3O4S/c1-21-28(25,26)15-4-5-17(20)16(12-15)19(24)22-14-3-6-18-13(11-14)7-8-23(18)9-10-27-2/h3-8,11-12,21H,9-10H2,1-2H3,(H,22,24). The molecule has 28 heavy (non-hydrogen) atoms. The summed E-state index contributed by atoms with van der Waals surface area (Å²) < 4.78 is 33.3. The van der Waals surface area contributed by atoms with Gasteiger partial charge in [-0.05, 0) is 49.5 Å². The number of nitrogens with zero attached hydrogens (tertiary/aromatic N) is 1. The summed E-state index contributed by atoms with van der Waals surface area (Å²) in [6, 6.07) is 11.5. The Kier molecular flexibility index (Phi) is 6.04. The molecular weight excluding hydrogens is 402 g/mol. The first-order valence-electron chi connectivity index (χ1n) is 8.48. The van der Waals surface area contributed by atoms with Crippen LogP contribution >= 0.6 is 11.6 Å². The first-order chi connectivity index (χ1) is 13.4. The molecule has 0 aliphatic rings. The number of anilines is 1. The van der Waals surface area contributed by atoms with Gasteiger partial charge in [0.25, 0.3) is 5.91 Å². The van der Waals surface area contributed by atoms with E-state index >= 15 is 0 Å². The second-order valence-corrected chi connectivity index (χ2v) is 8.37. The zero-order chi connectivity index (χ0) is 20.3. The summed E-state index contributed by atoms with van der Waals surface area (Å²) in [5.74, 6) is -0.490. The van der Waals surface area contributed by atoms with Crippen LogP contribution in [0.25, 0.3) is 10.9 Å². The number of benzene rings is 2. The van der Waals surface area contributed by atoms with Crippen molar-refractivity contribution in [2.24, 2.45) is 0 Å². The van der Waals surface area contributed by atoms with Crippen LogP contribution in [-0.4, -0.2) is 39.7 Å². The van der Waals surface area contributed by atoms with Crippen LogP contribution in [0.1, 0.15) is 10.4 Å². The summed E-state index contributed by atoms with van der Waals surface area (Å²) in [4.78, 5) is 12.6. The maximum atomic E-state index is 12.7. The summed E-state index contributed by atoms with van der Waals surface area (Å²) in [5, 5.41) is 3.90. The predicted molar refractivity (Wildman–Crippen MR) is 109 cm³/mol. The number of hydrogen-bond acceptors (Lipinski definition) is 4. The number of methoxy groups -OCH3 is 1. The Bertz CT molecular complexity index is 1130. The van der Waals surface area contributed by atoms with Crippen LogP contribution in [0.3, 0.4) is 0 Å². The third-order valence-electron chi connectivity index (χ3n) is 4.33. The SMILES string of the molecule is CNS(=O)(=O)c1ccc(Cl)c(C(=O)Nc2ccc3c(ccn3CCOC)c2)c1. The highest BCUT2D eigenvalue weighted by atomic mass is 35.5. The molecule has 2 aromatic carbocycles. The van der Waals surface area contributed by atoms with Gasteiger partial charge in [-0.15, -0.1) is 0 Å². The summed E-state index contributed by atoms with van der Waals surface area (Å²) >= 11 is 6.11. The van der Waals surface area contributed by atoms with Gasteiger partial charge in [0.1, 0.15) is 0 Å². The molecule has 0 atom stereocenters. The van der Waals surface area contributed by atoms with Gasteiger partial charge in [-0.2, -0.15) is 0 Å². The highest BCUT2D eigenvalue weighted by molar-refractivity contribution is 7.89. The Morgan fingerprint density at radius 1 is 1.18 bits per heavy atom. The van der Waals surface area contributed by atoms with Gasteiger partial charge in [0.15, 0.2) is 0 Å². The summed E-state index contributed by atoms with van der Waals surface area (Å²) in [6.45, 7) is 1.33. The maximum absolute atomic E-state index is 12.7. The molecule has 7 nitrogen and oxygen atoms in total. The molecule has 0 unspecified atom stereocenters. The van der Waals surface area contributed by atoms with Crippen LogP contribution in [-0.2, 0) is 21.3 Å². The van der Waals surface area contributed by atoms with Crippen LogP contribution < -0.4 is 10.0 Å². The van der Waals surface area contributed by atoms with Crippen molar-refractivity contribution in [2.45, 2.75) is 11.4 Å². The summed E-state index contributed by atoms with van der Waals surface area (Å²) in [7, 11) is -0.722. The predicted octanol–water partition coefficient (Wildman–Crippen LogP) is 3.10. The van der Waals surface area contributed by atoms with Crippen molar-refractivity contribution < 1.29 is 17.9 Å². The molecule has 0 radical (unpaired) electrons. The third kappa shape index (κ3) is 4.20. The molecule has 0 saturated heterocycles. The van der Waals surface area contributed by atoms with Gasteiger partial charge in [-0.1, -0.05) is 11.6 Å². The Morgan fingerprint density at radius 2 is 1.96 bits per heavy atom. The minimum Gasteiger partial charge on any atom is -0.383 e. The van der Waals surface area contributed by atoms with Crippen molar-refractivity contribution >= 4 is 44.1 Å². The smallest absolute Gasteiger partial charge is 0.257 e. The highest BCUT2D eigenvalue weighted by Gasteiger charge is 2.17. The monoisotopic (exact) mass is 421 g/mol. The van der Waals surface area contributed by atoms with Gasteiger partial charge in [-0.25, -0.2) is 13.1 Å². The van der Waals surface area contributed by atoms with Crippen molar-refractivity contribution in [3.05, 3.63) is 59.2 Å². The molecule has 0 bridgehead atoms.